The molecule has 0 fully saturated rings. The van der Waals surface area contributed by atoms with Gasteiger partial charge in [-0.05, 0) is 18.2 Å². The standard InChI is InChI=1S/C7H6Br2NO4S2/c1-15(11,12)10-16(13,14)7-3-5(8)2-6(9)4-7/h2-4H,1H3/q-1. The lowest BCUT2D eigenvalue weighted by Gasteiger charge is -2.17. The Hall–Kier alpha value is 0.0400. The van der Waals surface area contributed by atoms with Crippen LogP contribution in [0.15, 0.2) is 32.0 Å². The second-order valence-electron chi connectivity index (χ2n) is 2.89. The van der Waals surface area contributed by atoms with Crippen molar-refractivity contribution in [3.8, 4) is 0 Å². The Kier molecular flexibility index (Phi) is 4.17. The van der Waals surface area contributed by atoms with E-state index in [9.17, 15) is 16.8 Å². The van der Waals surface area contributed by atoms with Gasteiger partial charge in [0.1, 0.15) is 10.0 Å². The molecule has 0 aliphatic heterocycles. The first-order valence-corrected chi connectivity index (χ1v) is 8.63. The number of hydrogen-bond donors (Lipinski definition) is 0. The zero-order valence-corrected chi connectivity index (χ0v) is 12.7. The van der Waals surface area contributed by atoms with Gasteiger partial charge in [0.25, 0.3) is 0 Å². The molecule has 0 saturated heterocycles. The van der Waals surface area contributed by atoms with Crippen molar-refractivity contribution in [1.82, 2.24) is 0 Å². The number of hydrogen-bond acceptors (Lipinski definition) is 4. The molecular weight excluding hydrogens is 386 g/mol. The van der Waals surface area contributed by atoms with E-state index in [1.54, 1.807) is 6.07 Å². The lowest BCUT2D eigenvalue weighted by Crippen LogP contribution is -2.05. The monoisotopic (exact) mass is 390 g/mol. The van der Waals surface area contributed by atoms with E-state index in [0.717, 1.165) is 6.26 Å². The molecule has 0 aliphatic rings. The molecule has 0 radical (unpaired) electrons. The first-order chi connectivity index (χ1) is 7.10. The fourth-order valence-corrected chi connectivity index (χ4v) is 4.82. The van der Waals surface area contributed by atoms with E-state index in [4.69, 9.17) is 0 Å². The van der Waals surface area contributed by atoms with Gasteiger partial charge in [-0.15, -0.1) is 0 Å². The number of nitrogens with zero attached hydrogens (tertiary/aromatic N) is 1. The third-order valence-electron chi connectivity index (χ3n) is 1.37. The van der Waals surface area contributed by atoms with Crippen molar-refractivity contribution in [3.05, 3.63) is 31.3 Å². The topological polar surface area (TPSA) is 82.4 Å². The molecule has 0 N–H and O–H groups in total. The van der Waals surface area contributed by atoms with Crippen LogP contribution < -0.4 is 0 Å². The third-order valence-corrected chi connectivity index (χ3v) is 4.98. The lowest BCUT2D eigenvalue weighted by atomic mass is 10.4. The molecule has 0 amide bonds. The molecule has 0 aliphatic carbocycles. The first-order valence-electron chi connectivity index (χ1n) is 3.75. The van der Waals surface area contributed by atoms with Gasteiger partial charge in [0, 0.05) is 15.2 Å². The zero-order valence-electron chi connectivity index (χ0n) is 7.88. The molecule has 16 heavy (non-hydrogen) atoms. The fraction of sp³-hybridized carbons (Fsp3) is 0.143. The molecule has 0 bridgehead atoms. The van der Waals surface area contributed by atoms with Gasteiger partial charge in [0.15, 0.2) is 0 Å². The largest absolute Gasteiger partial charge is 0.432 e. The molecule has 5 nitrogen and oxygen atoms in total. The summed E-state index contributed by atoms with van der Waals surface area (Å²) in [6, 6.07) is 4.17. The van der Waals surface area contributed by atoms with E-state index in [0.29, 0.717) is 8.95 Å². The van der Waals surface area contributed by atoms with Crippen molar-refractivity contribution < 1.29 is 16.8 Å². The van der Waals surface area contributed by atoms with Gasteiger partial charge in [-0.2, -0.15) is 0 Å². The molecule has 0 heterocycles. The molecular formula is C7H6Br2NO4S2-. The van der Waals surface area contributed by atoms with Crippen LogP contribution in [-0.4, -0.2) is 23.1 Å². The normalized spacial score (nSPS) is 12.7. The summed E-state index contributed by atoms with van der Waals surface area (Å²) >= 11 is 6.20. The first kappa shape index (κ1) is 14.1. The molecule has 1 rings (SSSR count). The van der Waals surface area contributed by atoms with Crippen LogP contribution >= 0.6 is 31.9 Å². The van der Waals surface area contributed by atoms with E-state index in [1.165, 1.54) is 12.1 Å². The second kappa shape index (κ2) is 4.73. The van der Waals surface area contributed by atoms with E-state index in [1.807, 2.05) is 0 Å². The molecule has 0 atom stereocenters. The summed E-state index contributed by atoms with van der Waals surface area (Å²) in [5.41, 5.74) is 0. The molecule has 0 aromatic heterocycles. The average molecular weight is 392 g/mol. The van der Waals surface area contributed by atoms with Crippen LogP contribution in [0.1, 0.15) is 0 Å². The fourth-order valence-electron chi connectivity index (χ4n) is 0.899. The molecule has 90 valence electrons. The van der Waals surface area contributed by atoms with Gasteiger partial charge >= 0.3 is 0 Å². The van der Waals surface area contributed by atoms with Gasteiger partial charge in [0.05, 0.1) is 14.9 Å². The molecule has 0 unspecified atom stereocenters. The molecule has 1 aromatic rings. The van der Waals surface area contributed by atoms with Gasteiger partial charge in [0.2, 0.25) is 0 Å². The summed E-state index contributed by atoms with van der Waals surface area (Å²) < 4.78 is 48.6. The summed E-state index contributed by atoms with van der Waals surface area (Å²) in [6.07, 6.45) is 0.720. The van der Waals surface area contributed by atoms with Gasteiger partial charge in [-0.3, -0.25) is 0 Å². The maximum absolute atomic E-state index is 11.6. The highest BCUT2D eigenvalue weighted by Gasteiger charge is 2.09. The summed E-state index contributed by atoms with van der Waals surface area (Å²) in [5, 5.41) is 0. The third kappa shape index (κ3) is 4.13. The van der Waals surface area contributed by atoms with Crippen molar-refractivity contribution in [2.75, 3.05) is 6.26 Å². The van der Waals surface area contributed by atoms with Crippen LogP contribution in [0, 0.1) is 0 Å². The van der Waals surface area contributed by atoms with Gasteiger partial charge < -0.3 is 4.13 Å². The molecule has 0 spiro atoms. The van der Waals surface area contributed by atoms with Crippen LogP contribution in [0.25, 0.3) is 4.13 Å². The minimum absolute atomic E-state index is 0.195. The minimum Gasteiger partial charge on any atom is -0.432 e. The smallest absolute Gasteiger partial charge is 0.112 e. The van der Waals surface area contributed by atoms with E-state index in [-0.39, 0.29) is 4.90 Å². The molecule has 1 aromatic carbocycles. The Morgan fingerprint density at radius 3 is 1.81 bits per heavy atom. The SMILES string of the molecule is CS(=O)(=O)[N-]S(=O)(=O)c1cc(Br)cc(Br)c1. The maximum atomic E-state index is 11.6. The van der Waals surface area contributed by atoms with Gasteiger partial charge in [-0.25, -0.2) is 16.8 Å². The van der Waals surface area contributed by atoms with Crippen molar-refractivity contribution in [2.45, 2.75) is 4.90 Å². The highest BCUT2D eigenvalue weighted by molar-refractivity contribution is 9.11. The summed E-state index contributed by atoms with van der Waals surface area (Å²) in [5.74, 6) is 0. The quantitative estimate of drug-likeness (QED) is 0.790. The van der Waals surface area contributed by atoms with Crippen LogP contribution in [0.4, 0.5) is 0 Å². The Morgan fingerprint density at radius 2 is 1.44 bits per heavy atom. The summed E-state index contributed by atoms with van der Waals surface area (Å²) in [6.45, 7) is 0. The van der Waals surface area contributed by atoms with Gasteiger partial charge in [-0.1, -0.05) is 31.9 Å². The van der Waals surface area contributed by atoms with Crippen molar-refractivity contribution in [2.24, 2.45) is 0 Å². The average Bonchev–Trinajstić information content (AvgIpc) is 1.96. The number of halogens is 2. The Bertz CT molecular complexity index is 589. The summed E-state index contributed by atoms with van der Waals surface area (Å²) in [7, 11) is -8.14. The van der Waals surface area contributed by atoms with E-state index < -0.39 is 20.0 Å². The molecule has 9 heteroatoms. The van der Waals surface area contributed by atoms with Crippen LogP contribution in [0.3, 0.4) is 0 Å². The Balaban J connectivity index is 3.28. The van der Waals surface area contributed by atoms with Crippen LogP contribution in [-0.2, 0) is 20.0 Å². The predicted molar refractivity (Wildman–Crippen MR) is 67.2 cm³/mol. The highest BCUT2D eigenvalue weighted by atomic mass is 79.9. The van der Waals surface area contributed by atoms with Crippen molar-refractivity contribution in [1.29, 1.82) is 0 Å². The van der Waals surface area contributed by atoms with Crippen molar-refractivity contribution in [3.63, 3.8) is 0 Å². The Labute approximate surface area is 111 Å². The second-order valence-corrected chi connectivity index (χ2v) is 8.20. The van der Waals surface area contributed by atoms with Crippen molar-refractivity contribution >= 4 is 51.9 Å². The lowest BCUT2D eigenvalue weighted by molar-refractivity contribution is 0.598. The highest BCUT2D eigenvalue weighted by Crippen LogP contribution is 2.26. The zero-order chi connectivity index (χ0) is 12.6. The minimum atomic E-state index is -4.19. The van der Waals surface area contributed by atoms with E-state index in [2.05, 4.69) is 36.0 Å². The van der Waals surface area contributed by atoms with Crippen LogP contribution in [0.5, 0.6) is 0 Å². The number of sulfonamides is 2. The summed E-state index contributed by atoms with van der Waals surface area (Å²) in [4.78, 5) is -0.195. The Morgan fingerprint density at radius 1 is 1.00 bits per heavy atom. The number of rotatable bonds is 3. The maximum Gasteiger partial charge on any atom is 0.112 e. The van der Waals surface area contributed by atoms with E-state index >= 15 is 0 Å². The van der Waals surface area contributed by atoms with Crippen LogP contribution in [0.2, 0.25) is 0 Å². The predicted octanol–water partition coefficient (Wildman–Crippen LogP) is 2.23. The number of benzene rings is 1. The molecule has 0 saturated carbocycles.